The Morgan fingerprint density at radius 2 is 1.77 bits per heavy atom. The van der Waals surface area contributed by atoms with Crippen molar-refractivity contribution >= 4 is 28.0 Å². The average molecular weight is 465 g/mol. The molecule has 0 aliphatic carbocycles. The normalized spacial score (nSPS) is 33.7. The van der Waals surface area contributed by atoms with Gasteiger partial charge in [-0.05, 0) is 0 Å². The number of alkyl halides is 5. The topological polar surface area (TPSA) is 145 Å². The van der Waals surface area contributed by atoms with Crippen LogP contribution in [0.4, 0.5) is 22.0 Å². The van der Waals surface area contributed by atoms with Crippen molar-refractivity contribution in [3.63, 3.8) is 0 Å². The molecule has 168 valence electrons. The summed E-state index contributed by atoms with van der Waals surface area (Å²) in [5.41, 5.74) is 0. The van der Waals surface area contributed by atoms with E-state index in [1.54, 1.807) is 0 Å². The number of hydrogen-bond donors (Lipinski definition) is 0. The van der Waals surface area contributed by atoms with Gasteiger partial charge in [-0.25, -0.2) is 13.2 Å². The molecule has 7 unspecified atom stereocenters. The second-order valence-electron chi connectivity index (χ2n) is 6.50. The van der Waals surface area contributed by atoms with Crippen molar-refractivity contribution in [1.29, 1.82) is 0 Å². The van der Waals surface area contributed by atoms with Crippen molar-refractivity contribution in [2.24, 2.45) is 11.8 Å². The van der Waals surface area contributed by atoms with E-state index < -0.39 is 81.8 Å². The molecule has 7 atom stereocenters. The number of halogens is 5. The summed E-state index contributed by atoms with van der Waals surface area (Å²) in [6, 6.07) is 0. The van der Waals surface area contributed by atoms with Crippen LogP contribution in [0.3, 0.4) is 0 Å². The fraction of sp³-hybridized carbons (Fsp3) is 0.643. The Hall–Kier alpha value is -2.33. The molecule has 3 fully saturated rings. The van der Waals surface area contributed by atoms with Crippen molar-refractivity contribution in [3.8, 4) is 0 Å². The minimum atomic E-state index is -6.90. The maximum atomic E-state index is 13.6. The molecule has 30 heavy (non-hydrogen) atoms. The third-order valence-electron chi connectivity index (χ3n) is 4.77. The molecule has 0 aromatic heterocycles. The molecule has 0 radical (unpaired) electrons. The smallest absolute Gasteiger partial charge is 0.432 e. The summed E-state index contributed by atoms with van der Waals surface area (Å²) in [6.45, 7) is 3.10. The molecule has 3 rings (SSSR count). The van der Waals surface area contributed by atoms with E-state index >= 15 is 0 Å². The molecule has 16 heteroatoms. The zero-order chi connectivity index (χ0) is 22.8. The molecule has 0 aromatic rings. The summed E-state index contributed by atoms with van der Waals surface area (Å²) in [7, 11) is -6.90. The first kappa shape index (κ1) is 22.4. The van der Waals surface area contributed by atoms with Gasteiger partial charge in [-0.15, -0.1) is 0 Å². The second-order valence-corrected chi connectivity index (χ2v) is 7.95. The van der Waals surface area contributed by atoms with Gasteiger partial charge in [0.25, 0.3) is 6.10 Å². The Morgan fingerprint density at radius 3 is 2.27 bits per heavy atom. The van der Waals surface area contributed by atoms with Gasteiger partial charge in [0.1, 0.15) is 24.0 Å². The average Bonchev–Trinajstić information content (AvgIpc) is 3.20. The highest BCUT2D eigenvalue weighted by atomic mass is 32.2. The summed E-state index contributed by atoms with van der Waals surface area (Å²) in [6.07, 6.45) is -15.7. The van der Waals surface area contributed by atoms with E-state index in [0.717, 1.165) is 0 Å². The number of rotatable bonds is 6. The van der Waals surface area contributed by atoms with E-state index in [0.29, 0.717) is 6.08 Å². The standard InChI is InChI=1S/C14H11F5O10S/c1-2-3(20)26-8-6-5(4-7(27-6)9(8)28-10(4)21)11(22)29-12(13(15,16)17)14(18,19)30(23,24)25/h2,4-9,12H,1H2,(H,23,24,25)/p-1. The monoisotopic (exact) mass is 465 g/mol. The van der Waals surface area contributed by atoms with Gasteiger partial charge in [-0.1, -0.05) is 6.58 Å². The largest absolute Gasteiger partial charge is 0.743 e. The fourth-order valence-electron chi connectivity index (χ4n) is 3.57. The lowest BCUT2D eigenvalue weighted by Gasteiger charge is -2.32. The Morgan fingerprint density at radius 1 is 1.17 bits per heavy atom. The van der Waals surface area contributed by atoms with Crippen molar-refractivity contribution in [2.45, 2.75) is 42.0 Å². The minimum absolute atomic E-state index is 0.687. The molecule has 0 spiro atoms. The number of fused-ring (bicyclic) bond motifs is 1. The summed E-state index contributed by atoms with van der Waals surface area (Å²) in [4.78, 5) is 35.7. The predicted octanol–water partition coefficient (Wildman–Crippen LogP) is -0.365. The van der Waals surface area contributed by atoms with E-state index in [2.05, 4.69) is 11.3 Å². The van der Waals surface area contributed by atoms with Crippen LogP contribution in [0.25, 0.3) is 0 Å². The zero-order valence-corrected chi connectivity index (χ0v) is 15.0. The molecule has 0 saturated carbocycles. The van der Waals surface area contributed by atoms with Gasteiger partial charge in [-0.3, -0.25) is 9.59 Å². The number of carbonyl (C=O) groups excluding carboxylic acids is 3. The Bertz CT molecular complexity index is 899. The van der Waals surface area contributed by atoms with E-state index in [-0.39, 0.29) is 0 Å². The Kier molecular flexibility index (Phi) is 5.10. The summed E-state index contributed by atoms with van der Waals surface area (Å²) >= 11 is 0. The van der Waals surface area contributed by atoms with Crippen LogP contribution in [-0.4, -0.2) is 72.8 Å². The molecular formula is C14H10F5O10S-. The highest BCUT2D eigenvalue weighted by Crippen LogP contribution is 2.52. The quantitative estimate of drug-likeness (QED) is 0.168. The van der Waals surface area contributed by atoms with Gasteiger partial charge in [0.15, 0.2) is 22.3 Å². The second kappa shape index (κ2) is 6.84. The molecule has 0 amide bonds. The van der Waals surface area contributed by atoms with Crippen molar-refractivity contribution in [3.05, 3.63) is 12.7 Å². The Balaban J connectivity index is 1.91. The number of esters is 3. The highest BCUT2D eigenvalue weighted by Gasteiger charge is 2.73. The number of ether oxygens (including phenoxy) is 4. The van der Waals surface area contributed by atoms with E-state index in [1.165, 1.54) is 0 Å². The van der Waals surface area contributed by atoms with Crippen LogP contribution in [0.2, 0.25) is 0 Å². The van der Waals surface area contributed by atoms with Gasteiger partial charge in [0.2, 0.25) is 0 Å². The number of carbonyl (C=O) groups is 3. The fourth-order valence-corrected chi connectivity index (χ4v) is 4.02. The van der Waals surface area contributed by atoms with Crippen LogP contribution >= 0.6 is 0 Å². The van der Waals surface area contributed by atoms with E-state index in [1.807, 2.05) is 0 Å². The minimum Gasteiger partial charge on any atom is -0.743 e. The van der Waals surface area contributed by atoms with Crippen LogP contribution in [0.1, 0.15) is 0 Å². The zero-order valence-electron chi connectivity index (χ0n) is 14.2. The van der Waals surface area contributed by atoms with Crippen LogP contribution in [-0.2, 0) is 43.4 Å². The maximum Gasteiger partial charge on any atom is 0.432 e. The van der Waals surface area contributed by atoms with Gasteiger partial charge in [0, 0.05) is 6.08 Å². The third kappa shape index (κ3) is 3.31. The SMILES string of the molecule is C=CC(=O)OC1C2OC(=O)C3C2OC1C3C(=O)OC(C(F)(F)F)C(F)(F)S(=O)(=O)[O-]. The van der Waals surface area contributed by atoms with E-state index in [4.69, 9.17) is 14.2 Å². The lowest BCUT2D eigenvalue weighted by atomic mass is 9.78. The van der Waals surface area contributed by atoms with Crippen LogP contribution in [0.15, 0.2) is 12.7 Å². The van der Waals surface area contributed by atoms with Crippen LogP contribution in [0.5, 0.6) is 0 Å². The molecule has 3 heterocycles. The molecule has 2 bridgehead atoms. The van der Waals surface area contributed by atoms with Crippen LogP contribution in [0, 0.1) is 11.8 Å². The lowest BCUT2D eigenvalue weighted by molar-refractivity contribution is -0.261. The predicted molar refractivity (Wildman–Crippen MR) is 76.2 cm³/mol. The molecule has 10 nitrogen and oxygen atoms in total. The lowest BCUT2D eigenvalue weighted by Crippen LogP contribution is -2.54. The Labute approximate surface area is 163 Å². The molecule has 3 aliphatic heterocycles. The number of hydrogen-bond acceptors (Lipinski definition) is 10. The molecule has 0 aromatic carbocycles. The highest BCUT2D eigenvalue weighted by molar-refractivity contribution is 7.86. The van der Waals surface area contributed by atoms with Gasteiger partial charge in [0.05, 0.1) is 0 Å². The molecule has 0 N–H and O–H groups in total. The molecular weight excluding hydrogens is 455 g/mol. The van der Waals surface area contributed by atoms with Crippen LogP contribution < -0.4 is 0 Å². The maximum absolute atomic E-state index is 13.6. The van der Waals surface area contributed by atoms with Crippen molar-refractivity contribution < 1.29 is 68.3 Å². The van der Waals surface area contributed by atoms with Gasteiger partial charge < -0.3 is 23.5 Å². The van der Waals surface area contributed by atoms with Crippen molar-refractivity contribution in [2.75, 3.05) is 0 Å². The third-order valence-corrected chi connectivity index (χ3v) is 5.65. The summed E-state index contributed by atoms with van der Waals surface area (Å²) < 4.78 is 117. The van der Waals surface area contributed by atoms with E-state index in [9.17, 15) is 49.3 Å². The summed E-state index contributed by atoms with van der Waals surface area (Å²) in [5.74, 6) is -7.91. The first-order chi connectivity index (χ1) is 13.6. The molecule has 3 saturated heterocycles. The van der Waals surface area contributed by atoms with Crippen molar-refractivity contribution in [1.82, 2.24) is 0 Å². The van der Waals surface area contributed by atoms with Gasteiger partial charge >= 0.3 is 29.3 Å². The summed E-state index contributed by atoms with van der Waals surface area (Å²) in [5, 5.41) is -6.06. The molecule has 3 aliphatic rings. The van der Waals surface area contributed by atoms with Gasteiger partial charge in [-0.2, -0.15) is 22.0 Å². The first-order valence-corrected chi connectivity index (χ1v) is 9.31. The first-order valence-electron chi connectivity index (χ1n) is 7.90.